The number of nitrogen functional groups attached to an aromatic ring is 2. The molecule has 3 aromatic rings. The van der Waals surface area contributed by atoms with E-state index in [-0.39, 0.29) is 5.69 Å². The molecule has 0 unspecified atom stereocenters. The predicted molar refractivity (Wildman–Crippen MR) is 81.1 cm³/mol. The van der Waals surface area contributed by atoms with Gasteiger partial charge in [0.15, 0.2) is 5.82 Å². The van der Waals surface area contributed by atoms with Crippen molar-refractivity contribution >= 4 is 27.3 Å². The number of rotatable bonds is 2. The van der Waals surface area contributed by atoms with E-state index in [4.69, 9.17) is 11.5 Å². The SMILES string of the molecule is Nc1ccc(-c2nnnn2-c2c(F)cccc2Br)c(N)c1. The Hall–Kier alpha value is -2.48. The normalized spacial score (nSPS) is 10.8. The maximum Gasteiger partial charge on any atom is 0.189 e. The second-order valence-corrected chi connectivity index (χ2v) is 5.19. The van der Waals surface area contributed by atoms with E-state index in [1.165, 1.54) is 10.7 Å². The van der Waals surface area contributed by atoms with Crippen molar-refractivity contribution in [3.8, 4) is 17.1 Å². The molecule has 0 fully saturated rings. The van der Waals surface area contributed by atoms with Crippen LogP contribution in [0.2, 0.25) is 0 Å². The van der Waals surface area contributed by atoms with Crippen LogP contribution in [0.3, 0.4) is 0 Å². The molecule has 4 N–H and O–H groups in total. The van der Waals surface area contributed by atoms with Gasteiger partial charge in [-0.3, -0.25) is 0 Å². The van der Waals surface area contributed by atoms with Gasteiger partial charge in [0.1, 0.15) is 11.5 Å². The Bertz CT molecular complexity index is 796. The number of tetrazole rings is 1. The second kappa shape index (κ2) is 5.13. The summed E-state index contributed by atoms with van der Waals surface area (Å²) in [5.74, 6) is -0.120. The van der Waals surface area contributed by atoms with Crippen molar-refractivity contribution in [2.75, 3.05) is 11.5 Å². The molecule has 106 valence electrons. The first-order valence-corrected chi connectivity index (χ1v) is 6.75. The molecule has 3 rings (SSSR count). The molecule has 0 aliphatic rings. The van der Waals surface area contributed by atoms with E-state index < -0.39 is 5.82 Å². The molecular weight excluding hydrogens is 339 g/mol. The van der Waals surface area contributed by atoms with E-state index in [0.717, 1.165) is 0 Å². The average molecular weight is 349 g/mol. The third-order valence-electron chi connectivity index (χ3n) is 2.94. The molecule has 2 aromatic carbocycles. The summed E-state index contributed by atoms with van der Waals surface area (Å²) in [6.07, 6.45) is 0. The number of hydrogen-bond acceptors (Lipinski definition) is 5. The van der Waals surface area contributed by atoms with Crippen LogP contribution >= 0.6 is 15.9 Å². The summed E-state index contributed by atoms with van der Waals surface area (Å²) < 4.78 is 15.9. The molecule has 1 aromatic heterocycles. The van der Waals surface area contributed by atoms with E-state index in [9.17, 15) is 4.39 Å². The highest BCUT2D eigenvalue weighted by Gasteiger charge is 2.18. The Morgan fingerprint density at radius 3 is 2.67 bits per heavy atom. The summed E-state index contributed by atoms with van der Waals surface area (Å²) >= 11 is 3.30. The molecule has 0 atom stereocenters. The number of benzene rings is 2. The monoisotopic (exact) mass is 348 g/mol. The predicted octanol–water partition coefficient (Wildman–Crippen LogP) is 2.40. The summed E-state index contributed by atoms with van der Waals surface area (Å²) in [5, 5.41) is 11.4. The van der Waals surface area contributed by atoms with Gasteiger partial charge in [-0.1, -0.05) is 6.07 Å². The highest BCUT2D eigenvalue weighted by atomic mass is 79.9. The van der Waals surface area contributed by atoms with Crippen LogP contribution in [0.15, 0.2) is 40.9 Å². The molecular formula is C13H10BrFN6. The van der Waals surface area contributed by atoms with Crippen LogP contribution in [-0.2, 0) is 0 Å². The van der Waals surface area contributed by atoms with Crippen molar-refractivity contribution in [1.29, 1.82) is 0 Å². The maximum atomic E-state index is 14.1. The Morgan fingerprint density at radius 1 is 1.14 bits per heavy atom. The van der Waals surface area contributed by atoms with E-state index in [0.29, 0.717) is 27.2 Å². The van der Waals surface area contributed by atoms with Gasteiger partial charge in [-0.15, -0.1) is 5.10 Å². The van der Waals surface area contributed by atoms with Crippen molar-refractivity contribution in [2.45, 2.75) is 0 Å². The summed E-state index contributed by atoms with van der Waals surface area (Å²) in [6, 6.07) is 9.60. The first kappa shape index (κ1) is 13.5. The van der Waals surface area contributed by atoms with Gasteiger partial charge in [0.25, 0.3) is 0 Å². The van der Waals surface area contributed by atoms with Gasteiger partial charge in [0.05, 0.1) is 0 Å². The van der Waals surface area contributed by atoms with Crippen molar-refractivity contribution in [2.24, 2.45) is 0 Å². The molecule has 0 bridgehead atoms. The fourth-order valence-corrected chi connectivity index (χ4v) is 2.49. The van der Waals surface area contributed by atoms with Crippen molar-refractivity contribution in [1.82, 2.24) is 20.2 Å². The number of para-hydroxylation sites is 1. The third-order valence-corrected chi connectivity index (χ3v) is 3.58. The zero-order valence-corrected chi connectivity index (χ0v) is 12.2. The van der Waals surface area contributed by atoms with E-state index >= 15 is 0 Å². The van der Waals surface area contributed by atoms with Crippen LogP contribution < -0.4 is 11.5 Å². The Morgan fingerprint density at radius 2 is 1.95 bits per heavy atom. The molecule has 6 nitrogen and oxygen atoms in total. The summed E-state index contributed by atoms with van der Waals surface area (Å²) in [6.45, 7) is 0. The summed E-state index contributed by atoms with van der Waals surface area (Å²) in [4.78, 5) is 0. The number of hydrogen-bond donors (Lipinski definition) is 2. The minimum Gasteiger partial charge on any atom is -0.399 e. The quantitative estimate of drug-likeness (QED) is 0.693. The third kappa shape index (κ3) is 2.33. The molecule has 0 aliphatic carbocycles. The minimum absolute atomic E-state index is 0.216. The first-order chi connectivity index (χ1) is 10.1. The molecule has 0 amide bonds. The lowest BCUT2D eigenvalue weighted by Crippen LogP contribution is -2.05. The molecule has 0 radical (unpaired) electrons. The Balaban J connectivity index is 2.22. The van der Waals surface area contributed by atoms with Crippen LogP contribution in [-0.4, -0.2) is 20.2 Å². The number of halogens is 2. The largest absolute Gasteiger partial charge is 0.399 e. The first-order valence-electron chi connectivity index (χ1n) is 5.96. The van der Waals surface area contributed by atoms with Crippen LogP contribution in [0.5, 0.6) is 0 Å². The second-order valence-electron chi connectivity index (χ2n) is 4.33. The summed E-state index contributed by atoms with van der Waals surface area (Å²) in [5.41, 5.74) is 13.3. The molecule has 0 saturated carbocycles. The lowest BCUT2D eigenvalue weighted by molar-refractivity contribution is 0.606. The topological polar surface area (TPSA) is 95.6 Å². The molecule has 21 heavy (non-hydrogen) atoms. The number of aromatic nitrogens is 4. The summed E-state index contributed by atoms with van der Waals surface area (Å²) in [7, 11) is 0. The molecule has 0 spiro atoms. The van der Waals surface area contributed by atoms with Gasteiger partial charge in [-0.05, 0) is 56.7 Å². The van der Waals surface area contributed by atoms with Gasteiger partial charge >= 0.3 is 0 Å². The highest BCUT2D eigenvalue weighted by Crippen LogP contribution is 2.30. The van der Waals surface area contributed by atoms with E-state index in [1.807, 2.05) is 0 Å². The van der Waals surface area contributed by atoms with E-state index in [2.05, 4.69) is 31.5 Å². The molecule has 0 aliphatic heterocycles. The lowest BCUT2D eigenvalue weighted by atomic mass is 10.1. The Labute approximate surface area is 127 Å². The van der Waals surface area contributed by atoms with E-state index in [1.54, 1.807) is 30.3 Å². The maximum absolute atomic E-state index is 14.1. The highest BCUT2D eigenvalue weighted by molar-refractivity contribution is 9.10. The fraction of sp³-hybridized carbons (Fsp3) is 0. The molecule has 1 heterocycles. The van der Waals surface area contributed by atoms with Crippen LogP contribution in [0, 0.1) is 5.82 Å². The standard InChI is InChI=1S/C13H10BrFN6/c14-9-2-1-3-10(15)12(9)21-13(18-19-20-21)8-5-4-7(16)6-11(8)17/h1-6H,16-17H2. The van der Waals surface area contributed by atoms with Crippen molar-refractivity contribution in [3.05, 3.63) is 46.7 Å². The molecule has 8 heteroatoms. The van der Waals surface area contributed by atoms with Gasteiger partial charge in [0.2, 0.25) is 0 Å². The van der Waals surface area contributed by atoms with Crippen LogP contribution in [0.25, 0.3) is 17.1 Å². The zero-order valence-electron chi connectivity index (χ0n) is 10.7. The average Bonchev–Trinajstić information content (AvgIpc) is 2.87. The Kier molecular flexibility index (Phi) is 3.30. The van der Waals surface area contributed by atoms with Gasteiger partial charge in [-0.2, -0.15) is 4.68 Å². The van der Waals surface area contributed by atoms with Gasteiger partial charge < -0.3 is 11.5 Å². The fourth-order valence-electron chi connectivity index (χ4n) is 1.98. The van der Waals surface area contributed by atoms with Gasteiger partial charge in [0, 0.05) is 21.4 Å². The zero-order chi connectivity index (χ0) is 15.0. The van der Waals surface area contributed by atoms with Crippen LogP contribution in [0.4, 0.5) is 15.8 Å². The molecule has 0 saturated heterocycles. The van der Waals surface area contributed by atoms with Gasteiger partial charge in [-0.25, -0.2) is 4.39 Å². The van der Waals surface area contributed by atoms with Crippen LogP contribution in [0.1, 0.15) is 0 Å². The number of anilines is 2. The minimum atomic E-state index is -0.452. The number of nitrogens with two attached hydrogens (primary N) is 2. The smallest absolute Gasteiger partial charge is 0.189 e. The lowest BCUT2D eigenvalue weighted by Gasteiger charge is -2.09. The van der Waals surface area contributed by atoms with Crippen molar-refractivity contribution < 1.29 is 4.39 Å². The number of nitrogens with zero attached hydrogens (tertiary/aromatic N) is 4. The van der Waals surface area contributed by atoms with Crippen molar-refractivity contribution in [3.63, 3.8) is 0 Å².